The first-order chi connectivity index (χ1) is 6.74. The molecule has 0 aromatic carbocycles. The Bertz CT molecular complexity index is 288. The van der Waals surface area contributed by atoms with Crippen LogP contribution in [0.4, 0.5) is 0 Å². The zero-order valence-electron chi connectivity index (χ0n) is 8.40. The van der Waals surface area contributed by atoms with Gasteiger partial charge in [0.2, 0.25) is 0 Å². The van der Waals surface area contributed by atoms with Gasteiger partial charge in [0.05, 0.1) is 16.5 Å². The maximum Gasteiger partial charge on any atom is 0.132 e. The van der Waals surface area contributed by atoms with E-state index < -0.39 is 0 Å². The van der Waals surface area contributed by atoms with E-state index in [0.29, 0.717) is 0 Å². The molecule has 1 aromatic rings. The molecule has 0 fully saturated rings. The SMILES string of the molecule is CN(C)CCNC(C#N)c1cncs1. The first-order valence-electron chi connectivity index (χ1n) is 4.40. The highest BCUT2D eigenvalue weighted by Crippen LogP contribution is 2.15. The first-order valence-corrected chi connectivity index (χ1v) is 5.28. The number of thiazole rings is 1. The van der Waals surface area contributed by atoms with Crippen LogP contribution in [0.3, 0.4) is 0 Å². The molecular weight excluding hydrogens is 196 g/mol. The van der Waals surface area contributed by atoms with Gasteiger partial charge in [-0.05, 0) is 14.1 Å². The molecule has 1 rings (SSSR count). The van der Waals surface area contributed by atoms with E-state index in [0.717, 1.165) is 18.0 Å². The zero-order valence-corrected chi connectivity index (χ0v) is 9.21. The molecule has 4 nitrogen and oxygen atoms in total. The summed E-state index contributed by atoms with van der Waals surface area (Å²) in [5.41, 5.74) is 1.74. The van der Waals surface area contributed by atoms with Crippen LogP contribution < -0.4 is 5.32 Å². The third-order valence-corrected chi connectivity index (χ3v) is 2.61. The number of rotatable bonds is 5. The molecule has 1 unspecified atom stereocenters. The van der Waals surface area contributed by atoms with Crippen LogP contribution >= 0.6 is 11.3 Å². The molecule has 1 N–H and O–H groups in total. The Hall–Kier alpha value is -0.960. The summed E-state index contributed by atoms with van der Waals surface area (Å²) in [6.45, 7) is 1.74. The van der Waals surface area contributed by atoms with Crippen molar-refractivity contribution in [2.24, 2.45) is 0 Å². The maximum atomic E-state index is 8.92. The Kier molecular flexibility index (Phi) is 4.53. The van der Waals surface area contributed by atoms with E-state index in [4.69, 9.17) is 5.26 Å². The van der Waals surface area contributed by atoms with Crippen molar-refractivity contribution in [1.82, 2.24) is 15.2 Å². The second kappa shape index (κ2) is 5.70. The van der Waals surface area contributed by atoms with Gasteiger partial charge in [-0.2, -0.15) is 5.26 Å². The molecule has 0 amide bonds. The highest BCUT2D eigenvalue weighted by atomic mass is 32.1. The second-order valence-electron chi connectivity index (χ2n) is 3.22. The molecule has 0 spiro atoms. The molecule has 0 radical (unpaired) electrons. The number of nitriles is 1. The van der Waals surface area contributed by atoms with E-state index in [2.05, 4.69) is 21.3 Å². The number of likely N-dealkylation sites (N-methyl/N-ethyl adjacent to an activating group) is 1. The van der Waals surface area contributed by atoms with Crippen LogP contribution in [0.25, 0.3) is 0 Å². The molecule has 0 aliphatic carbocycles. The third kappa shape index (κ3) is 3.42. The lowest BCUT2D eigenvalue weighted by Gasteiger charge is -2.12. The largest absolute Gasteiger partial charge is 0.308 e. The van der Waals surface area contributed by atoms with Crippen molar-refractivity contribution in [3.8, 4) is 6.07 Å². The molecule has 76 valence electrons. The van der Waals surface area contributed by atoms with Gasteiger partial charge in [0.25, 0.3) is 0 Å². The Morgan fingerprint density at radius 1 is 1.71 bits per heavy atom. The van der Waals surface area contributed by atoms with Gasteiger partial charge in [-0.15, -0.1) is 11.3 Å². The van der Waals surface area contributed by atoms with Gasteiger partial charge >= 0.3 is 0 Å². The van der Waals surface area contributed by atoms with E-state index in [1.54, 1.807) is 11.7 Å². The van der Waals surface area contributed by atoms with E-state index in [-0.39, 0.29) is 6.04 Å². The fourth-order valence-electron chi connectivity index (χ4n) is 1.01. The van der Waals surface area contributed by atoms with E-state index in [1.165, 1.54) is 11.3 Å². The monoisotopic (exact) mass is 210 g/mol. The molecule has 1 heterocycles. The Morgan fingerprint density at radius 3 is 3.00 bits per heavy atom. The van der Waals surface area contributed by atoms with Gasteiger partial charge in [0, 0.05) is 19.3 Å². The van der Waals surface area contributed by atoms with Gasteiger partial charge in [0.1, 0.15) is 6.04 Å². The average Bonchev–Trinajstić information content (AvgIpc) is 2.64. The number of nitrogens with zero attached hydrogens (tertiary/aromatic N) is 3. The van der Waals surface area contributed by atoms with Crippen molar-refractivity contribution in [3.05, 3.63) is 16.6 Å². The van der Waals surface area contributed by atoms with Crippen molar-refractivity contribution in [2.75, 3.05) is 27.2 Å². The minimum absolute atomic E-state index is 0.220. The summed E-state index contributed by atoms with van der Waals surface area (Å²) >= 11 is 1.50. The van der Waals surface area contributed by atoms with E-state index in [1.807, 2.05) is 14.1 Å². The fraction of sp³-hybridized carbons (Fsp3) is 0.556. The summed E-state index contributed by atoms with van der Waals surface area (Å²) < 4.78 is 0. The summed E-state index contributed by atoms with van der Waals surface area (Å²) in [5, 5.41) is 12.1. The zero-order chi connectivity index (χ0) is 10.4. The van der Waals surface area contributed by atoms with E-state index >= 15 is 0 Å². The Morgan fingerprint density at radius 2 is 2.50 bits per heavy atom. The number of hydrogen-bond donors (Lipinski definition) is 1. The summed E-state index contributed by atoms with van der Waals surface area (Å²) in [7, 11) is 4.02. The smallest absolute Gasteiger partial charge is 0.132 e. The van der Waals surface area contributed by atoms with Crippen LogP contribution in [-0.2, 0) is 0 Å². The lowest BCUT2D eigenvalue weighted by Crippen LogP contribution is -2.28. The van der Waals surface area contributed by atoms with Gasteiger partial charge in [0.15, 0.2) is 0 Å². The molecule has 14 heavy (non-hydrogen) atoms. The van der Waals surface area contributed by atoms with Crippen molar-refractivity contribution in [1.29, 1.82) is 5.26 Å². The molecule has 0 aliphatic heterocycles. The summed E-state index contributed by atoms with van der Waals surface area (Å²) in [6, 6.07) is 2.00. The predicted octanol–water partition coefficient (Wildman–Crippen LogP) is 0.859. The lowest BCUT2D eigenvalue weighted by atomic mass is 10.3. The van der Waals surface area contributed by atoms with Gasteiger partial charge < -0.3 is 4.90 Å². The van der Waals surface area contributed by atoms with Gasteiger partial charge in [-0.3, -0.25) is 10.3 Å². The lowest BCUT2D eigenvalue weighted by molar-refractivity contribution is 0.395. The van der Waals surface area contributed by atoms with Crippen molar-refractivity contribution < 1.29 is 0 Å². The van der Waals surface area contributed by atoms with Crippen molar-refractivity contribution >= 4 is 11.3 Å². The average molecular weight is 210 g/mol. The number of nitrogens with one attached hydrogen (secondary N) is 1. The van der Waals surface area contributed by atoms with Gasteiger partial charge in [-0.1, -0.05) is 0 Å². The van der Waals surface area contributed by atoms with Crippen molar-refractivity contribution in [3.63, 3.8) is 0 Å². The molecule has 1 aromatic heterocycles. The number of aromatic nitrogens is 1. The van der Waals surface area contributed by atoms with Crippen LogP contribution in [0.2, 0.25) is 0 Å². The van der Waals surface area contributed by atoms with Gasteiger partial charge in [-0.25, -0.2) is 0 Å². The minimum Gasteiger partial charge on any atom is -0.308 e. The van der Waals surface area contributed by atoms with Crippen LogP contribution in [0, 0.1) is 11.3 Å². The van der Waals surface area contributed by atoms with Crippen LogP contribution in [0.1, 0.15) is 10.9 Å². The molecule has 1 atom stereocenters. The Labute approximate surface area is 88.2 Å². The third-order valence-electron chi connectivity index (χ3n) is 1.77. The molecule has 5 heteroatoms. The highest BCUT2D eigenvalue weighted by Gasteiger charge is 2.10. The predicted molar refractivity (Wildman–Crippen MR) is 57.0 cm³/mol. The first kappa shape index (κ1) is 11.1. The summed E-state index contributed by atoms with van der Waals surface area (Å²) in [6.07, 6.45) is 1.74. The van der Waals surface area contributed by atoms with Crippen LogP contribution in [0.5, 0.6) is 0 Å². The quantitative estimate of drug-likeness (QED) is 0.783. The minimum atomic E-state index is -0.220. The maximum absolute atomic E-state index is 8.92. The normalized spacial score (nSPS) is 12.7. The Balaban J connectivity index is 2.38. The number of hydrogen-bond acceptors (Lipinski definition) is 5. The molecule has 0 saturated heterocycles. The van der Waals surface area contributed by atoms with Crippen LogP contribution in [-0.4, -0.2) is 37.1 Å². The summed E-state index contributed by atoms with van der Waals surface area (Å²) in [4.78, 5) is 7.01. The molecule has 0 aliphatic rings. The molecule has 0 bridgehead atoms. The van der Waals surface area contributed by atoms with Crippen molar-refractivity contribution in [2.45, 2.75) is 6.04 Å². The second-order valence-corrected chi connectivity index (χ2v) is 4.14. The van der Waals surface area contributed by atoms with Crippen LogP contribution in [0.15, 0.2) is 11.7 Å². The molecule has 0 saturated carbocycles. The van der Waals surface area contributed by atoms with E-state index in [9.17, 15) is 0 Å². The standard InChI is InChI=1S/C9H14N4S/c1-13(2)4-3-12-8(5-10)9-6-11-7-14-9/h6-8,12H,3-4H2,1-2H3. The molecular formula is C9H14N4S. The fourth-order valence-corrected chi connectivity index (χ4v) is 1.65. The highest BCUT2D eigenvalue weighted by molar-refractivity contribution is 7.09. The topological polar surface area (TPSA) is 52.0 Å². The summed E-state index contributed by atoms with van der Waals surface area (Å²) in [5.74, 6) is 0.